The molecular formula is C6H16NO+. The van der Waals surface area contributed by atoms with Crippen LogP contribution < -0.4 is 0 Å². The van der Waals surface area contributed by atoms with E-state index in [-0.39, 0.29) is 6.61 Å². The molecule has 0 bridgehead atoms. The summed E-state index contributed by atoms with van der Waals surface area (Å²) in [6.07, 6.45) is 0.798. The molecule has 1 N–H and O–H groups in total. The number of hydrogen-bond acceptors (Lipinski definition) is 1. The molecule has 0 saturated carbocycles. The van der Waals surface area contributed by atoms with E-state index in [1.54, 1.807) is 0 Å². The van der Waals surface area contributed by atoms with E-state index >= 15 is 0 Å². The number of quaternary nitrogens is 1. The minimum atomic E-state index is 0.238. The Balaban J connectivity index is 3.33. The maximum absolute atomic E-state index is 8.45. The molecule has 50 valence electrons. The van der Waals surface area contributed by atoms with Gasteiger partial charge in [-0.25, -0.2) is 0 Å². The maximum atomic E-state index is 8.45. The molecule has 0 aliphatic heterocycles. The molecule has 0 aliphatic carbocycles. The van der Waals surface area contributed by atoms with Crippen molar-refractivity contribution in [3.63, 3.8) is 0 Å². The van der Waals surface area contributed by atoms with E-state index in [1.807, 2.05) is 14.1 Å². The van der Waals surface area contributed by atoms with Crippen LogP contribution in [0.3, 0.4) is 0 Å². The van der Waals surface area contributed by atoms with Crippen molar-refractivity contribution in [2.24, 2.45) is 0 Å². The number of rotatable bonds is 3. The first-order chi connectivity index (χ1) is 4.12. The molecule has 0 aromatic carbocycles. The average molecular weight is 119 g/mol. The third kappa shape index (κ3) is 5.92. The van der Waals surface area contributed by atoms with E-state index in [1.165, 1.54) is 0 Å². The molecule has 2 heteroatoms. The van der Waals surface area contributed by atoms with Crippen LogP contribution >= 0.6 is 0 Å². The van der Waals surface area contributed by atoms with Crippen molar-refractivity contribution < 1.29 is 11.0 Å². The summed E-state index contributed by atoms with van der Waals surface area (Å²) in [5.41, 5.74) is 0. The van der Waals surface area contributed by atoms with Crippen LogP contribution in [-0.4, -0.2) is 43.9 Å². The molecule has 0 amide bonds. The van der Waals surface area contributed by atoms with Crippen molar-refractivity contribution in [2.45, 2.75) is 6.42 Å². The Bertz CT molecular complexity index is 75.5. The Labute approximate surface area is 52.7 Å². The first kappa shape index (κ1) is 6.05. The fourth-order valence-corrected chi connectivity index (χ4v) is 0.499. The lowest BCUT2D eigenvalue weighted by molar-refractivity contribution is -0.870. The lowest BCUT2D eigenvalue weighted by atomic mass is 10.4. The van der Waals surface area contributed by atoms with Gasteiger partial charge in [-0.1, -0.05) is 0 Å². The summed E-state index contributed by atoms with van der Waals surface area (Å²) in [4.78, 5) is 0. The molecule has 2 nitrogen and oxygen atoms in total. The van der Waals surface area contributed by atoms with Gasteiger partial charge in [0.15, 0.2) is 0 Å². The Hall–Kier alpha value is -0.0800. The highest BCUT2D eigenvalue weighted by molar-refractivity contribution is 4.28. The monoisotopic (exact) mass is 119 g/mol. The fraction of sp³-hybridized carbons (Fsp3) is 1.00. The zero-order valence-corrected chi connectivity index (χ0v) is 5.72. The van der Waals surface area contributed by atoms with Crippen LogP contribution in [0.5, 0.6) is 0 Å². The molecular weight excluding hydrogens is 102 g/mol. The van der Waals surface area contributed by atoms with Gasteiger partial charge in [0, 0.05) is 13.0 Å². The van der Waals surface area contributed by atoms with Gasteiger partial charge in [-0.15, -0.1) is 0 Å². The summed E-state index contributed by atoms with van der Waals surface area (Å²) in [6, 6.07) is 0. The lowest BCUT2D eigenvalue weighted by Gasteiger charge is -2.22. The van der Waals surface area contributed by atoms with Crippen LogP contribution in [0.2, 0.25) is 0 Å². The maximum Gasteiger partial charge on any atom is 0.0886 e. The Morgan fingerprint density at radius 2 is 2.25 bits per heavy atom. The summed E-state index contributed by atoms with van der Waals surface area (Å²) >= 11 is 0. The van der Waals surface area contributed by atoms with Crippen LogP contribution in [0.4, 0.5) is 0 Å². The molecule has 0 fully saturated rings. The lowest BCUT2D eigenvalue weighted by Crippen LogP contribution is -2.35. The van der Waals surface area contributed by atoms with Gasteiger partial charge in [0.25, 0.3) is 0 Å². The number of aliphatic hydroxyl groups excluding tert-OH is 1. The predicted molar refractivity (Wildman–Crippen MR) is 34.6 cm³/mol. The van der Waals surface area contributed by atoms with E-state index in [0.29, 0.717) is 11.5 Å². The topological polar surface area (TPSA) is 20.2 Å². The molecule has 0 spiro atoms. The summed E-state index contributed by atoms with van der Waals surface area (Å²) < 4.78 is 7.76. The largest absolute Gasteiger partial charge is 0.396 e. The number of hydrogen-bond donors (Lipinski definition) is 1. The average Bonchev–Trinajstić information content (AvgIpc) is 1.84. The third-order valence-electron chi connectivity index (χ3n) is 0.922. The molecule has 0 radical (unpaired) electrons. The molecule has 0 atom stereocenters. The van der Waals surface area contributed by atoms with Gasteiger partial charge in [0.2, 0.25) is 0 Å². The van der Waals surface area contributed by atoms with Crippen LogP contribution in [0.25, 0.3) is 0 Å². The van der Waals surface area contributed by atoms with Crippen LogP contribution in [0, 0.1) is 0 Å². The first-order valence-corrected chi connectivity index (χ1v) is 2.84. The van der Waals surface area contributed by atoms with Crippen molar-refractivity contribution in [2.75, 3.05) is 34.3 Å². The highest BCUT2D eigenvalue weighted by atomic mass is 16.3. The minimum Gasteiger partial charge on any atom is -0.396 e. The van der Waals surface area contributed by atoms with E-state index in [4.69, 9.17) is 6.48 Å². The van der Waals surface area contributed by atoms with Crippen molar-refractivity contribution in [3.05, 3.63) is 0 Å². The first-order valence-electron chi connectivity index (χ1n) is 3.55. The Morgan fingerprint density at radius 3 is 2.62 bits per heavy atom. The highest BCUT2D eigenvalue weighted by Crippen LogP contribution is 1.90. The second kappa shape index (κ2) is 3.05. The number of aliphatic hydroxyl groups is 1. The summed E-state index contributed by atoms with van der Waals surface area (Å²) in [6.45, 7) is 1.13. The van der Waals surface area contributed by atoms with Gasteiger partial charge >= 0.3 is 0 Å². The van der Waals surface area contributed by atoms with Crippen LogP contribution in [-0.2, 0) is 0 Å². The summed E-state index contributed by atoms with van der Waals surface area (Å²) in [5.74, 6) is 0. The normalized spacial score (nSPS) is 13.6. The molecule has 0 saturated heterocycles. The highest BCUT2D eigenvalue weighted by Gasteiger charge is 2.03. The van der Waals surface area contributed by atoms with Gasteiger partial charge < -0.3 is 9.59 Å². The van der Waals surface area contributed by atoms with Gasteiger partial charge in [0.1, 0.15) is 0 Å². The van der Waals surface area contributed by atoms with Crippen molar-refractivity contribution in [3.8, 4) is 0 Å². The molecule has 0 aromatic rings. The van der Waals surface area contributed by atoms with Crippen LogP contribution in [0.1, 0.15) is 7.79 Å². The van der Waals surface area contributed by atoms with E-state index in [2.05, 4.69) is 0 Å². The molecule has 0 unspecified atom stereocenters. The van der Waals surface area contributed by atoms with Crippen molar-refractivity contribution >= 4 is 0 Å². The predicted octanol–water partition coefficient (Wildman–Crippen LogP) is 0.0750. The van der Waals surface area contributed by atoms with E-state index < -0.39 is 0 Å². The SMILES string of the molecule is [2H]C[N+](C)(C)CCCO. The molecule has 0 rings (SSSR count). The van der Waals surface area contributed by atoms with Gasteiger partial charge in [-0.05, 0) is 0 Å². The zero-order chi connectivity index (χ0) is 7.33. The zero-order valence-electron chi connectivity index (χ0n) is 6.72. The standard InChI is InChI=1S/C6H16NO/c1-7(2,3)5-4-6-8/h8H,4-6H2,1-3H3/q+1/i1D. The molecule has 0 heterocycles. The fourth-order valence-electron chi connectivity index (χ4n) is 0.499. The van der Waals surface area contributed by atoms with Crippen molar-refractivity contribution in [1.82, 2.24) is 0 Å². The quantitative estimate of drug-likeness (QED) is 0.521. The van der Waals surface area contributed by atoms with Crippen molar-refractivity contribution in [1.29, 1.82) is 0 Å². The summed E-state index contributed by atoms with van der Waals surface area (Å²) in [7, 11) is 4.37. The third-order valence-corrected chi connectivity index (χ3v) is 0.922. The second-order valence-corrected chi connectivity index (χ2v) is 2.74. The second-order valence-electron chi connectivity index (χ2n) is 2.74. The number of nitrogens with zero attached hydrogens (tertiary/aromatic N) is 1. The van der Waals surface area contributed by atoms with Crippen LogP contribution in [0.15, 0.2) is 0 Å². The summed E-state index contributed by atoms with van der Waals surface area (Å²) in [5, 5.41) is 8.45. The molecule has 0 aromatic heterocycles. The Kier molecular flexibility index (Phi) is 2.30. The van der Waals surface area contributed by atoms with E-state index in [9.17, 15) is 0 Å². The minimum absolute atomic E-state index is 0.238. The molecule has 0 aliphatic rings. The molecule has 8 heavy (non-hydrogen) atoms. The van der Waals surface area contributed by atoms with Gasteiger partial charge in [-0.3, -0.25) is 0 Å². The smallest absolute Gasteiger partial charge is 0.0886 e. The van der Waals surface area contributed by atoms with E-state index in [0.717, 1.165) is 13.0 Å². The Morgan fingerprint density at radius 1 is 1.62 bits per heavy atom. The van der Waals surface area contributed by atoms with Gasteiger partial charge in [0.05, 0.1) is 29.0 Å². The van der Waals surface area contributed by atoms with Gasteiger partial charge in [-0.2, -0.15) is 0 Å².